The summed E-state index contributed by atoms with van der Waals surface area (Å²) in [6, 6.07) is 17.3. The molecule has 0 aliphatic rings. The zero-order valence-electron chi connectivity index (χ0n) is 18.5. The number of rotatable bonds is 12. The van der Waals surface area contributed by atoms with Gasteiger partial charge in [0.1, 0.15) is 6.04 Å². The van der Waals surface area contributed by atoms with Crippen molar-refractivity contribution in [2.45, 2.75) is 36.8 Å². The fraction of sp³-hybridized carbons (Fsp3) is 0.348. The zero-order chi connectivity index (χ0) is 24.3. The predicted octanol–water partition coefficient (Wildman–Crippen LogP) is 2.97. The van der Waals surface area contributed by atoms with Gasteiger partial charge in [0.05, 0.1) is 17.4 Å². The first-order valence-electron chi connectivity index (χ1n) is 10.3. The van der Waals surface area contributed by atoms with E-state index in [9.17, 15) is 18.0 Å². The molecule has 0 aromatic heterocycles. The smallest absolute Gasteiger partial charge is 0.324 e. The first-order valence-corrected chi connectivity index (χ1v) is 13.2. The Balaban J connectivity index is 2.16. The molecule has 2 aromatic carbocycles. The molecule has 0 saturated heterocycles. The second-order valence-electron chi connectivity index (χ2n) is 7.08. The molecule has 2 unspecified atom stereocenters. The van der Waals surface area contributed by atoms with Crippen molar-refractivity contribution in [3.8, 4) is 6.07 Å². The molecule has 1 amide bonds. The summed E-state index contributed by atoms with van der Waals surface area (Å²) in [4.78, 5) is 27.3. The fourth-order valence-electron chi connectivity index (χ4n) is 2.98. The third-order valence-electron chi connectivity index (χ3n) is 4.67. The molecule has 0 spiro atoms. The highest BCUT2D eigenvalue weighted by atomic mass is 32.2. The number of nitrogens with one attached hydrogen (secondary N) is 1. The van der Waals surface area contributed by atoms with Gasteiger partial charge in [-0.3, -0.25) is 9.59 Å². The van der Waals surface area contributed by atoms with E-state index >= 15 is 0 Å². The molecule has 2 atom stereocenters. The lowest BCUT2D eigenvalue weighted by molar-refractivity contribution is -0.155. The summed E-state index contributed by atoms with van der Waals surface area (Å²) >= 11 is 1.46. The molecule has 2 aromatic rings. The first-order chi connectivity index (χ1) is 15.8. The number of ether oxygens (including phenoxy) is 1. The van der Waals surface area contributed by atoms with E-state index in [2.05, 4.69) is 4.72 Å². The third kappa shape index (κ3) is 7.89. The number of carbonyl (C=O) groups excluding carboxylic acids is 2. The maximum atomic E-state index is 13.0. The number of nitriles is 1. The highest BCUT2D eigenvalue weighted by molar-refractivity contribution is 7.98. The van der Waals surface area contributed by atoms with Gasteiger partial charge in [-0.05, 0) is 49.6 Å². The lowest BCUT2D eigenvalue weighted by Gasteiger charge is -2.26. The van der Waals surface area contributed by atoms with E-state index in [4.69, 9.17) is 10.00 Å². The van der Waals surface area contributed by atoms with Gasteiger partial charge in [-0.1, -0.05) is 36.4 Å². The Morgan fingerprint density at radius 1 is 1.12 bits per heavy atom. The van der Waals surface area contributed by atoms with E-state index in [-0.39, 0.29) is 24.3 Å². The van der Waals surface area contributed by atoms with Gasteiger partial charge in [0.15, 0.2) is 6.10 Å². The van der Waals surface area contributed by atoms with Crippen molar-refractivity contribution in [1.29, 1.82) is 5.26 Å². The molecule has 2 rings (SSSR count). The van der Waals surface area contributed by atoms with Crippen LogP contribution in [0.3, 0.4) is 0 Å². The molecule has 0 radical (unpaired) electrons. The molecular weight excluding hydrogens is 462 g/mol. The van der Waals surface area contributed by atoms with Gasteiger partial charge in [0.25, 0.3) is 5.91 Å². The van der Waals surface area contributed by atoms with Crippen molar-refractivity contribution in [1.82, 2.24) is 4.72 Å². The lowest BCUT2D eigenvalue weighted by Crippen LogP contribution is -2.46. The molecule has 0 heterocycles. The average molecular weight is 490 g/mol. The molecule has 0 aliphatic heterocycles. The monoisotopic (exact) mass is 489 g/mol. The number of hydrogen-bond acceptors (Lipinski definition) is 7. The lowest BCUT2D eigenvalue weighted by atomic mass is 10.2. The minimum Gasteiger partial charge on any atom is -0.451 e. The number of anilines is 1. The van der Waals surface area contributed by atoms with Crippen molar-refractivity contribution in [2.24, 2.45) is 0 Å². The van der Waals surface area contributed by atoms with Gasteiger partial charge >= 0.3 is 5.97 Å². The summed E-state index contributed by atoms with van der Waals surface area (Å²) in [7, 11) is -3.95. The normalized spacial score (nSPS) is 12.9. The topological polar surface area (TPSA) is 117 Å². The zero-order valence-corrected chi connectivity index (χ0v) is 20.1. The van der Waals surface area contributed by atoms with Crippen LogP contribution in [0.25, 0.3) is 0 Å². The molecular formula is C23H27N3O5S2. The van der Waals surface area contributed by atoms with Crippen LogP contribution in [0.2, 0.25) is 0 Å². The van der Waals surface area contributed by atoms with Crippen LogP contribution < -0.4 is 9.62 Å². The first kappa shape index (κ1) is 26.4. The van der Waals surface area contributed by atoms with Crippen LogP contribution in [0.4, 0.5) is 5.69 Å². The summed E-state index contributed by atoms with van der Waals surface area (Å²) in [5.41, 5.74) is 0.573. The van der Waals surface area contributed by atoms with E-state index in [0.717, 1.165) is 0 Å². The van der Waals surface area contributed by atoms with Gasteiger partial charge in [-0.15, -0.1) is 0 Å². The Hall–Kier alpha value is -2.87. The summed E-state index contributed by atoms with van der Waals surface area (Å²) in [5, 5.41) is 8.94. The third-order valence-corrected chi connectivity index (χ3v) is 6.80. The van der Waals surface area contributed by atoms with Gasteiger partial charge < -0.3 is 9.64 Å². The Kier molecular flexibility index (Phi) is 10.4. The summed E-state index contributed by atoms with van der Waals surface area (Å²) in [6.45, 7) is 1.57. The number of carbonyl (C=O) groups is 2. The number of sulfonamides is 1. The van der Waals surface area contributed by atoms with Crippen LogP contribution in [0.5, 0.6) is 0 Å². The molecule has 10 heteroatoms. The Labute approximate surface area is 199 Å². The van der Waals surface area contributed by atoms with E-state index in [0.29, 0.717) is 11.4 Å². The standard InChI is InChI=1S/C23H27N3O5S2/c1-18(22(27)26(16-9-15-24)19-10-5-3-6-11-19)31-23(28)21(14-17-32-2)25-33(29,30)20-12-7-4-8-13-20/h3-8,10-13,18,21,25H,9,14,16-17H2,1-2H3. The summed E-state index contributed by atoms with van der Waals surface area (Å²) in [6.07, 6.45) is 0.973. The number of esters is 1. The molecule has 0 bridgehead atoms. The van der Waals surface area contributed by atoms with E-state index in [1.807, 2.05) is 12.3 Å². The molecule has 0 aliphatic carbocycles. The second kappa shape index (κ2) is 13.0. The second-order valence-corrected chi connectivity index (χ2v) is 9.78. The van der Waals surface area contributed by atoms with Crippen LogP contribution in [-0.4, -0.2) is 51.0 Å². The maximum Gasteiger partial charge on any atom is 0.324 e. The molecule has 1 N–H and O–H groups in total. The largest absolute Gasteiger partial charge is 0.451 e. The van der Waals surface area contributed by atoms with Crippen LogP contribution in [0, 0.1) is 11.3 Å². The number of hydrogen-bond donors (Lipinski definition) is 1. The Bertz CT molecular complexity index is 1060. The molecule has 176 valence electrons. The molecule has 0 fully saturated rings. The van der Waals surface area contributed by atoms with Crippen molar-refractivity contribution in [2.75, 3.05) is 23.5 Å². The van der Waals surface area contributed by atoms with Crippen LogP contribution >= 0.6 is 11.8 Å². The molecule has 33 heavy (non-hydrogen) atoms. The molecule has 0 saturated carbocycles. The van der Waals surface area contributed by atoms with Gasteiger partial charge in [-0.25, -0.2) is 8.42 Å². The SMILES string of the molecule is CSCCC(NS(=O)(=O)c1ccccc1)C(=O)OC(C)C(=O)N(CCC#N)c1ccccc1. The summed E-state index contributed by atoms with van der Waals surface area (Å²) in [5.74, 6) is -0.824. The maximum absolute atomic E-state index is 13.0. The highest BCUT2D eigenvalue weighted by Gasteiger charge is 2.31. The van der Waals surface area contributed by atoms with Crippen molar-refractivity contribution >= 4 is 39.3 Å². The van der Waals surface area contributed by atoms with Crippen LogP contribution in [-0.2, 0) is 24.3 Å². The fourth-order valence-corrected chi connectivity index (χ4v) is 4.69. The highest BCUT2D eigenvalue weighted by Crippen LogP contribution is 2.17. The minimum absolute atomic E-state index is 0.0304. The van der Waals surface area contributed by atoms with Crippen molar-refractivity contribution in [3.63, 3.8) is 0 Å². The number of thioether (sulfide) groups is 1. The summed E-state index contributed by atoms with van der Waals surface area (Å²) < 4.78 is 33.2. The number of amides is 1. The minimum atomic E-state index is -3.95. The van der Waals surface area contributed by atoms with E-state index < -0.39 is 34.0 Å². The van der Waals surface area contributed by atoms with Crippen molar-refractivity contribution in [3.05, 3.63) is 60.7 Å². The number of para-hydroxylation sites is 1. The van der Waals surface area contributed by atoms with Crippen molar-refractivity contribution < 1.29 is 22.7 Å². The van der Waals surface area contributed by atoms with Gasteiger partial charge in [-0.2, -0.15) is 21.7 Å². The Morgan fingerprint density at radius 2 is 1.73 bits per heavy atom. The predicted molar refractivity (Wildman–Crippen MR) is 128 cm³/mol. The number of benzene rings is 2. The number of nitrogens with zero attached hydrogens (tertiary/aromatic N) is 2. The quantitative estimate of drug-likeness (QED) is 0.456. The van der Waals surface area contributed by atoms with E-state index in [1.54, 1.807) is 48.5 Å². The van der Waals surface area contributed by atoms with Crippen LogP contribution in [0.15, 0.2) is 65.6 Å². The molecule has 8 nitrogen and oxygen atoms in total. The Morgan fingerprint density at radius 3 is 2.30 bits per heavy atom. The van der Waals surface area contributed by atoms with Crippen LogP contribution in [0.1, 0.15) is 19.8 Å². The van der Waals surface area contributed by atoms with Gasteiger partial charge in [0, 0.05) is 12.2 Å². The van der Waals surface area contributed by atoms with Gasteiger partial charge in [0.2, 0.25) is 10.0 Å². The van der Waals surface area contributed by atoms with E-state index in [1.165, 1.54) is 35.7 Å². The average Bonchev–Trinajstić information content (AvgIpc) is 2.83.